The minimum Gasteiger partial charge on any atom is -0.467 e. The summed E-state index contributed by atoms with van der Waals surface area (Å²) in [5.41, 5.74) is 5.88. The zero-order valence-electron chi connectivity index (χ0n) is 13.0. The SMILES string of the molecule is CC(C)(CNC(=O)c1coc(CN)c1)N1CCOCC1.Cl.Cl. The fourth-order valence-electron chi connectivity index (χ4n) is 2.29. The first-order chi connectivity index (χ1) is 9.53. The van der Waals surface area contributed by atoms with E-state index in [0.29, 0.717) is 24.4 Å². The van der Waals surface area contributed by atoms with Crippen molar-refractivity contribution in [3.05, 3.63) is 23.7 Å². The summed E-state index contributed by atoms with van der Waals surface area (Å²) in [6.07, 6.45) is 1.44. The molecule has 8 heteroatoms. The highest BCUT2D eigenvalue weighted by Gasteiger charge is 2.28. The van der Waals surface area contributed by atoms with Crippen LogP contribution in [0.15, 0.2) is 16.7 Å². The number of hydrogen-bond acceptors (Lipinski definition) is 5. The van der Waals surface area contributed by atoms with E-state index in [4.69, 9.17) is 14.9 Å². The molecule has 0 radical (unpaired) electrons. The van der Waals surface area contributed by atoms with Gasteiger partial charge in [0.2, 0.25) is 0 Å². The summed E-state index contributed by atoms with van der Waals surface area (Å²) in [5.74, 6) is 0.484. The predicted octanol–water partition coefficient (Wildman–Crippen LogP) is 1.42. The summed E-state index contributed by atoms with van der Waals surface area (Å²) in [7, 11) is 0. The number of nitrogens with two attached hydrogens (primary N) is 1. The number of carbonyl (C=O) groups excluding carboxylic acids is 1. The molecular formula is C14H25Cl2N3O3. The molecule has 0 aliphatic carbocycles. The van der Waals surface area contributed by atoms with E-state index in [-0.39, 0.29) is 36.3 Å². The molecule has 0 aromatic carbocycles. The number of hydrogen-bond donors (Lipinski definition) is 2. The Labute approximate surface area is 143 Å². The molecule has 0 bridgehead atoms. The second kappa shape index (κ2) is 9.37. The van der Waals surface area contributed by atoms with Crippen LogP contribution in [0, 0.1) is 0 Å². The van der Waals surface area contributed by atoms with E-state index in [9.17, 15) is 4.79 Å². The van der Waals surface area contributed by atoms with Gasteiger partial charge in [0.15, 0.2) is 0 Å². The third kappa shape index (κ3) is 5.44. The van der Waals surface area contributed by atoms with Gasteiger partial charge in [-0.25, -0.2) is 0 Å². The Hall–Kier alpha value is -0.790. The lowest BCUT2D eigenvalue weighted by Crippen LogP contribution is -2.55. The van der Waals surface area contributed by atoms with Crippen LogP contribution in [0.1, 0.15) is 30.0 Å². The summed E-state index contributed by atoms with van der Waals surface area (Å²) < 4.78 is 10.5. The molecule has 128 valence electrons. The molecule has 1 aromatic rings. The van der Waals surface area contributed by atoms with Gasteiger partial charge >= 0.3 is 0 Å². The van der Waals surface area contributed by atoms with Crippen molar-refractivity contribution in [1.29, 1.82) is 0 Å². The Kier molecular flexibility index (Phi) is 9.04. The number of furan rings is 1. The van der Waals surface area contributed by atoms with E-state index in [1.807, 2.05) is 0 Å². The first-order valence-corrected chi connectivity index (χ1v) is 6.91. The van der Waals surface area contributed by atoms with Crippen molar-refractivity contribution in [2.45, 2.75) is 25.9 Å². The van der Waals surface area contributed by atoms with Crippen molar-refractivity contribution in [2.24, 2.45) is 5.73 Å². The number of nitrogens with zero attached hydrogens (tertiary/aromatic N) is 1. The number of nitrogens with one attached hydrogen (secondary N) is 1. The van der Waals surface area contributed by atoms with Crippen molar-refractivity contribution < 1.29 is 13.9 Å². The van der Waals surface area contributed by atoms with Crippen molar-refractivity contribution in [2.75, 3.05) is 32.8 Å². The number of halogens is 2. The lowest BCUT2D eigenvalue weighted by Gasteiger charge is -2.40. The number of amides is 1. The lowest BCUT2D eigenvalue weighted by molar-refractivity contribution is -0.00923. The largest absolute Gasteiger partial charge is 0.467 e. The van der Waals surface area contributed by atoms with E-state index in [2.05, 4.69) is 24.1 Å². The van der Waals surface area contributed by atoms with Gasteiger partial charge in [0.05, 0.1) is 25.3 Å². The minimum atomic E-state index is -0.130. The molecule has 1 aliphatic heterocycles. The second-order valence-corrected chi connectivity index (χ2v) is 5.60. The number of carbonyl (C=O) groups is 1. The smallest absolute Gasteiger partial charge is 0.254 e. The minimum absolute atomic E-state index is 0. The maximum absolute atomic E-state index is 12.0. The average molecular weight is 354 g/mol. The molecule has 1 aromatic heterocycles. The van der Waals surface area contributed by atoms with Crippen LogP contribution in [-0.2, 0) is 11.3 Å². The molecule has 1 saturated heterocycles. The monoisotopic (exact) mass is 353 g/mol. The molecule has 0 atom stereocenters. The predicted molar refractivity (Wildman–Crippen MR) is 89.9 cm³/mol. The molecule has 22 heavy (non-hydrogen) atoms. The van der Waals surface area contributed by atoms with Crippen molar-refractivity contribution >= 4 is 30.7 Å². The molecule has 1 amide bonds. The Morgan fingerprint density at radius 2 is 2.00 bits per heavy atom. The zero-order valence-corrected chi connectivity index (χ0v) is 14.6. The third-order valence-corrected chi connectivity index (χ3v) is 3.67. The fourth-order valence-corrected chi connectivity index (χ4v) is 2.29. The Morgan fingerprint density at radius 3 is 2.55 bits per heavy atom. The Balaban J connectivity index is 0.00000220. The van der Waals surface area contributed by atoms with Gasteiger partial charge in [-0.1, -0.05) is 0 Å². The van der Waals surface area contributed by atoms with E-state index >= 15 is 0 Å². The molecule has 0 unspecified atom stereocenters. The van der Waals surface area contributed by atoms with Crippen LogP contribution in [0.3, 0.4) is 0 Å². The molecule has 0 spiro atoms. The normalized spacial score (nSPS) is 15.6. The Morgan fingerprint density at radius 1 is 1.36 bits per heavy atom. The van der Waals surface area contributed by atoms with Crippen molar-refractivity contribution in [3.63, 3.8) is 0 Å². The molecule has 2 heterocycles. The maximum Gasteiger partial charge on any atom is 0.254 e. The van der Waals surface area contributed by atoms with Crippen LogP contribution in [0.2, 0.25) is 0 Å². The summed E-state index contributed by atoms with van der Waals surface area (Å²) in [4.78, 5) is 14.4. The van der Waals surface area contributed by atoms with E-state index in [1.165, 1.54) is 6.26 Å². The van der Waals surface area contributed by atoms with Gasteiger partial charge in [-0.15, -0.1) is 24.8 Å². The van der Waals surface area contributed by atoms with Crippen LogP contribution >= 0.6 is 24.8 Å². The van der Waals surface area contributed by atoms with Crippen LogP contribution in [-0.4, -0.2) is 49.2 Å². The maximum atomic E-state index is 12.0. The van der Waals surface area contributed by atoms with E-state index in [0.717, 1.165) is 26.3 Å². The standard InChI is InChI=1S/C14H23N3O3.2ClH/c1-14(2,17-3-5-19-6-4-17)10-16-13(18)11-7-12(8-15)20-9-11;;/h7,9H,3-6,8,10,15H2,1-2H3,(H,16,18);2*1H. The van der Waals surface area contributed by atoms with E-state index in [1.54, 1.807) is 6.07 Å². The molecule has 1 fully saturated rings. The van der Waals surface area contributed by atoms with Gasteiger partial charge in [-0.2, -0.15) is 0 Å². The second-order valence-electron chi connectivity index (χ2n) is 5.60. The van der Waals surface area contributed by atoms with E-state index < -0.39 is 0 Å². The number of rotatable bonds is 5. The summed E-state index contributed by atoms with van der Waals surface area (Å²) >= 11 is 0. The molecule has 0 saturated carbocycles. The number of ether oxygens (including phenoxy) is 1. The van der Waals surface area contributed by atoms with Gasteiger partial charge < -0.3 is 20.2 Å². The number of morpholine rings is 1. The van der Waals surface area contributed by atoms with Gasteiger partial charge in [0.25, 0.3) is 5.91 Å². The van der Waals surface area contributed by atoms with Crippen molar-refractivity contribution in [3.8, 4) is 0 Å². The lowest BCUT2D eigenvalue weighted by atomic mass is 10.0. The molecule has 1 aliphatic rings. The fraction of sp³-hybridized carbons (Fsp3) is 0.643. The highest BCUT2D eigenvalue weighted by atomic mass is 35.5. The summed E-state index contributed by atoms with van der Waals surface area (Å²) in [6, 6.07) is 1.68. The van der Waals surface area contributed by atoms with Crippen LogP contribution in [0.5, 0.6) is 0 Å². The molecular weight excluding hydrogens is 329 g/mol. The molecule has 6 nitrogen and oxygen atoms in total. The van der Waals surface area contributed by atoms with Gasteiger partial charge in [0.1, 0.15) is 12.0 Å². The first-order valence-electron chi connectivity index (χ1n) is 6.91. The topological polar surface area (TPSA) is 80.7 Å². The first kappa shape index (κ1) is 21.2. The Bertz CT molecular complexity index is 460. The summed E-state index contributed by atoms with van der Waals surface area (Å²) in [6.45, 7) is 8.41. The van der Waals surface area contributed by atoms with Crippen LogP contribution in [0.25, 0.3) is 0 Å². The van der Waals surface area contributed by atoms with Gasteiger partial charge in [-0.05, 0) is 19.9 Å². The van der Waals surface area contributed by atoms with Crippen LogP contribution in [0.4, 0.5) is 0 Å². The zero-order chi connectivity index (χ0) is 14.6. The molecule has 2 rings (SSSR count). The highest BCUT2D eigenvalue weighted by Crippen LogP contribution is 2.15. The molecule has 3 N–H and O–H groups in total. The average Bonchev–Trinajstić information content (AvgIpc) is 2.95. The third-order valence-electron chi connectivity index (χ3n) is 3.67. The van der Waals surface area contributed by atoms with Crippen molar-refractivity contribution in [1.82, 2.24) is 10.2 Å². The van der Waals surface area contributed by atoms with Gasteiger partial charge in [0, 0.05) is 25.2 Å². The van der Waals surface area contributed by atoms with Gasteiger partial charge in [-0.3, -0.25) is 9.69 Å². The summed E-state index contributed by atoms with van der Waals surface area (Å²) in [5, 5.41) is 2.95. The quantitative estimate of drug-likeness (QED) is 0.836. The highest BCUT2D eigenvalue weighted by molar-refractivity contribution is 5.94. The van der Waals surface area contributed by atoms with Crippen LogP contribution < -0.4 is 11.1 Å².